The molecule has 8 heteroatoms. The monoisotopic (exact) mass is 359 g/mol. The van der Waals surface area contributed by atoms with Crippen LogP contribution in [-0.4, -0.2) is 80.3 Å². The average molecular weight is 359 g/mol. The molecule has 0 aliphatic carbocycles. The zero-order valence-electron chi connectivity index (χ0n) is 14.8. The number of amides is 1. The van der Waals surface area contributed by atoms with Crippen LogP contribution >= 0.6 is 0 Å². The molecule has 3 heterocycles. The van der Waals surface area contributed by atoms with Crippen LogP contribution < -0.4 is 0 Å². The lowest BCUT2D eigenvalue weighted by molar-refractivity contribution is -0.144. The fourth-order valence-electron chi connectivity index (χ4n) is 3.93. The number of likely N-dealkylation sites (tertiary alicyclic amines) is 1. The highest BCUT2D eigenvalue weighted by Crippen LogP contribution is 2.35. The van der Waals surface area contributed by atoms with Gasteiger partial charge in [-0.1, -0.05) is 6.92 Å². The van der Waals surface area contributed by atoms with E-state index in [9.17, 15) is 13.2 Å². The molecule has 3 fully saturated rings. The Morgan fingerprint density at radius 3 is 2.42 bits per heavy atom. The number of ether oxygens (including phenoxy) is 1. The minimum atomic E-state index is -3.41. The zero-order valence-corrected chi connectivity index (χ0v) is 15.7. The number of carbonyl (C=O) groups excluding carboxylic acids is 1. The third-order valence-corrected chi connectivity index (χ3v) is 7.58. The minimum Gasteiger partial charge on any atom is -0.363 e. The Hall–Kier alpha value is -0.700. The maximum Gasteiger partial charge on any atom is 0.281 e. The van der Waals surface area contributed by atoms with Crippen LogP contribution in [-0.2, 0) is 19.7 Å². The van der Waals surface area contributed by atoms with Gasteiger partial charge >= 0.3 is 0 Å². The molecule has 7 nitrogen and oxygen atoms in total. The lowest BCUT2D eigenvalue weighted by atomic mass is 9.92. The molecule has 3 saturated heterocycles. The summed E-state index contributed by atoms with van der Waals surface area (Å²) in [6.45, 7) is 4.72. The molecule has 0 aromatic rings. The zero-order chi connectivity index (χ0) is 17.5. The summed E-state index contributed by atoms with van der Waals surface area (Å²) >= 11 is 0. The van der Waals surface area contributed by atoms with Gasteiger partial charge in [0, 0.05) is 40.3 Å². The molecule has 0 aromatic heterocycles. The van der Waals surface area contributed by atoms with Crippen LogP contribution in [0.5, 0.6) is 0 Å². The van der Waals surface area contributed by atoms with Gasteiger partial charge in [0.2, 0.25) is 0 Å². The number of hydrogen-bond acceptors (Lipinski definition) is 4. The summed E-state index contributed by atoms with van der Waals surface area (Å²) in [6.07, 6.45) is 3.05. The van der Waals surface area contributed by atoms with E-state index in [1.165, 1.54) is 8.61 Å². The van der Waals surface area contributed by atoms with Gasteiger partial charge in [-0.3, -0.25) is 4.79 Å². The summed E-state index contributed by atoms with van der Waals surface area (Å²) in [5.74, 6) is 1.07. The van der Waals surface area contributed by atoms with E-state index in [0.29, 0.717) is 19.0 Å². The first-order chi connectivity index (χ1) is 11.3. The van der Waals surface area contributed by atoms with Gasteiger partial charge < -0.3 is 9.64 Å². The van der Waals surface area contributed by atoms with Crippen molar-refractivity contribution in [2.45, 2.75) is 44.8 Å². The number of piperidine rings is 2. The molecular weight excluding hydrogens is 330 g/mol. The van der Waals surface area contributed by atoms with Crippen LogP contribution in [0.25, 0.3) is 0 Å². The number of carbonyl (C=O) groups is 1. The van der Waals surface area contributed by atoms with E-state index in [0.717, 1.165) is 38.8 Å². The Balaban J connectivity index is 1.60. The quantitative estimate of drug-likeness (QED) is 0.737. The highest BCUT2D eigenvalue weighted by atomic mass is 32.2. The molecule has 0 bridgehead atoms. The van der Waals surface area contributed by atoms with Crippen molar-refractivity contribution in [2.75, 3.05) is 40.3 Å². The largest absolute Gasteiger partial charge is 0.363 e. The lowest BCUT2D eigenvalue weighted by Crippen LogP contribution is -2.49. The standard InChI is InChI=1S/C16H29N3O4S/c1-12-4-7-18(8-5-12)16(20)14-10-13-6-9-19(11-15(13)23-14)24(21,22)17(2)3/h12-15H,4-11H2,1-3H3/t13-,14-,15+/m0/s1. The molecule has 0 radical (unpaired) electrons. The predicted molar refractivity (Wildman–Crippen MR) is 90.5 cm³/mol. The van der Waals surface area contributed by atoms with Crippen molar-refractivity contribution in [1.82, 2.24) is 13.5 Å². The van der Waals surface area contributed by atoms with Crippen molar-refractivity contribution in [3.63, 3.8) is 0 Å². The fourth-order valence-corrected chi connectivity index (χ4v) is 5.07. The maximum atomic E-state index is 12.7. The Morgan fingerprint density at radius 1 is 1.12 bits per heavy atom. The maximum absolute atomic E-state index is 12.7. The predicted octanol–water partition coefficient (Wildman–Crippen LogP) is 0.531. The summed E-state index contributed by atoms with van der Waals surface area (Å²) in [7, 11) is -0.327. The molecule has 24 heavy (non-hydrogen) atoms. The smallest absolute Gasteiger partial charge is 0.281 e. The summed E-state index contributed by atoms with van der Waals surface area (Å²) in [5, 5.41) is 0. The van der Waals surface area contributed by atoms with Gasteiger partial charge in [-0.2, -0.15) is 17.0 Å². The fraction of sp³-hybridized carbons (Fsp3) is 0.938. The van der Waals surface area contributed by atoms with E-state index in [2.05, 4.69) is 6.92 Å². The Kier molecular flexibility index (Phi) is 5.20. The molecule has 0 saturated carbocycles. The molecule has 3 rings (SSSR count). The van der Waals surface area contributed by atoms with Crippen LogP contribution in [0.15, 0.2) is 0 Å². The van der Waals surface area contributed by atoms with Gasteiger partial charge in [0.15, 0.2) is 0 Å². The van der Waals surface area contributed by atoms with Crippen molar-refractivity contribution < 1.29 is 17.9 Å². The third kappa shape index (κ3) is 3.47. The van der Waals surface area contributed by atoms with Gasteiger partial charge in [-0.25, -0.2) is 0 Å². The van der Waals surface area contributed by atoms with Crippen LogP contribution in [0.4, 0.5) is 0 Å². The Morgan fingerprint density at radius 2 is 1.79 bits per heavy atom. The molecule has 1 amide bonds. The molecular formula is C16H29N3O4S. The van der Waals surface area contributed by atoms with E-state index in [-0.39, 0.29) is 17.9 Å². The van der Waals surface area contributed by atoms with Crippen LogP contribution in [0.2, 0.25) is 0 Å². The first-order valence-corrected chi connectivity index (χ1v) is 10.3. The number of nitrogens with zero attached hydrogens (tertiary/aromatic N) is 3. The molecule has 0 spiro atoms. The van der Waals surface area contributed by atoms with Gasteiger partial charge in [0.1, 0.15) is 6.10 Å². The van der Waals surface area contributed by atoms with E-state index in [1.54, 1.807) is 14.1 Å². The molecule has 0 aromatic carbocycles. The van der Waals surface area contributed by atoms with Crippen molar-refractivity contribution in [3.05, 3.63) is 0 Å². The van der Waals surface area contributed by atoms with Crippen LogP contribution in [0.3, 0.4) is 0 Å². The Bertz CT molecular complexity index is 572. The second-order valence-electron chi connectivity index (χ2n) is 7.60. The lowest BCUT2D eigenvalue weighted by Gasteiger charge is -2.34. The van der Waals surface area contributed by atoms with E-state index < -0.39 is 16.3 Å². The topological polar surface area (TPSA) is 70.2 Å². The molecule has 0 N–H and O–H groups in total. The van der Waals surface area contributed by atoms with Crippen molar-refractivity contribution in [3.8, 4) is 0 Å². The van der Waals surface area contributed by atoms with Crippen molar-refractivity contribution in [1.29, 1.82) is 0 Å². The normalized spacial score (nSPS) is 33.0. The number of hydrogen-bond donors (Lipinski definition) is 0. The molecule has 0 unspecified atom stereocenters. The summed E-state index contributed by atoms with van der Waals surface area (Å²) in [5.41, 5.74) is 0. The SMILES string of the molecule is CC1CCN(C(=O)[C@@H]2C[C@@H]3CCN(S(=O)(=O)N(C)C)C[C@H]3O2)CC1. The summed E-state index contributed by atoms with van der Waals surface area (Å²) in [4.78, 5) is 14.6. The molecule has 138 valence electrons. The average Bonchev–Trinajstić information content (AvgIpc) is 2.97. The Labute approximate surface area is 145 Å². The van der Waals surface area contributed by atoms with Crippen molar-refractivity contribution in [2.24, 2.45) is 11.8 Å². The summed E-state index contributed by atoms with van der Waals surface area (Å²) in [6, 6.07) is 0. The third-order valence-electron chi connectivity index (χ3n) is 5.67. The highest BCUT2D eigenvalue weighted by molar-refractivity contribution is 7.86. The van der Waals surface area contributed by atoms with E-state index in [1.807, 2.05) is 4.90 Å². The minimum absolute atomic E-state index is 0.0957. The molecule has 3 aliphatic heterocycles. The molecule has 3 atom stereocenters. The van der Waals surface area contributed by atoms with Gasteiger partial charge in [0.05, 0.1) is 6.10 Å². The molecule has 3 aliphatic rings. The second kappa shape index (κ2) is 6.90. The second-order valence-corrected chi connectivity index (χ2v) is 9.75. The highest BCUT2D eigenvalue weighted by Gasteiger charge is 2.45. The van der Waals surface area contributed by atoms with Crippen LogP contribution in [0, 0.1) is 11.8 Å². The number of fused-ring (bicyclic) bond motifs is 1. The van der Waals surface area contributed by atoms with Crippen LogP contribution in [0.1, 0.15) is 32.6 Å². The van der Waals surface area contributed by atoms with E-state index in [4.69, 9.17) is 4.74 Å². The van der Waals surface area contributed by atoms with Gasteiger partial charge in [-0.15, -0.1) is 0 Å². The van der Waals surface area contributed by atoms with Gasteiger partial charge in [-0.05, 0) is 37.5 Å². The number of rotatable bonds is 3. The van der Waals surface area contributed by atoms with Gasteiger partial charge in [0.25, 0.3) is 16.1 Å². The first-order valence-electron chi connectivity index (χ1n) is 8.91. The first kappa shape index (κ1) is 18.1. The van der Waals surface area contributed by atoms with Crippen molar-refractivity contribution >= 4 is 16.1 Å². The van der Waals surface area contributed by atoms with E-state index >= 15 is 0 Å². The summed E-state index contributed by atoms with van der Waals surface area (Å²) < 4.78 is 33.3.